The van der Waals surface area contributed by atoms with Crippen LogP contribution in [0.2, 0.25) is 0 Å². The number of non-ortho nitro benzene ring substituents is 1. The number of nitro groups is 1. The number of nitrogens with two attached hydrogens (primary N) is 1. The van der Waals surface area contributed by atoms with Crippen LogP contribution in [0.4, 0.5) is 5.69 Å². The van der Waals surface area contributed by atoms with Crippen LogP contribution >= 0.6 is 12.2 Å². The molecule has 0 bridgehead atoms. The van der Waals surface area contributed by atoms with Gasteiger partial charge in [-0.2, -0.15) is 5.10 Å². The van der Waals surface area contributed by atoms with Gasteiger partial charge in [0.05, 0.1) is 22.0 Å². The minimum absolute atomic E-state index is 0.0140. The maximum atomic E-state index is 10.7. The van der Waals surface area contributed by atoms with Crippen LogP contribution in [0.25, 0.3) is 5.69 Å². The van der Waals surface area contributed by atoms with Crippen molar-refractivity contribution in [2.45, 2.75) is 13.8 Å². The highest BCUT2D eigenvalue weighted by Gasteiger charge is 2.13. The van der Waals surface area contributed by atoms with Crippen molar-refractivity contribution >= 4 is 28.7 Å². The molecule has 10 heteroatoms. The Kier molecular flexibility index (Phi) is 4.41. The molecule has 0 amide bonds. The number of rotatable bonds is 4. The maximum absolute atomic E-state index is 10.7. The first kappa shape index (κ1) is 15.5. The van der Waals surface area contributed by atoms with E-state index in [2.05, 4.69) is 33.1 Å². The van der Waals surface area contributed by atoms with Crippen molar-refractivity contribution in [2.75, 3.05) is 0 Å². The molecule has 9 nitrogen and oxygen atoms in total. The van der Waals surface area contributed by atoms with E-state index in [1.807, 2.05) is 6.92 Å². The minimum Gasteiger partial charge on any atom is -0.375 e. The zero-order chi connectivity index (χ0) is 16.3. The third-order valence-corrected chi connectivity index (χ3v) is 2.97. The van der Waals surface area contributed by atoms with Crippen LogP contribution in [0.5, 0.6) is 0 Å². The molecular weight excluding hydrogens is 306 g/mol. The Hall–Kier alpha value is -2.88. The van der Waals surface area contributed by atoms with E-state index in [1.54, 1.807) is 23.7 Å². The summed E-state index contributed by atoms with van der Waals surface area (Å²) in [6.45, 7) is 3.55. The Labute approximate surface area is 131 Å². The zero-order valence-electron chi connectivity index (χ0n) is 11.8. The van der Waals surface area contributed by atoms with Gasteiger partial charge in [-0.3, -0.25) is 15.5 Å². The second-order valence-corrected chi connectivity index (χ2v) is 4.82. The molecule has 1 aromatic heterocycles. The number of nitro benzene ring substituents is 1. The van der Waals surface area contributed by atoms with E-state index in [4.69, 9.17) is 5.73 Å². The van der Waals surface area contributed by atoms with Crippen LogP contribution in [0.3, 0.4) is 0 Å². The van der Waals surface area contributed by atoms with Crippen molar-refractivity contribution < 1.29 is 4.92 Å². The van der Waals surface area contributed by atoms with Crippen molar-refractivity contribution in [1.82, 2.24) is 20.4 Å². The SMILES string of the molecule is C/C(=N\NC(N)=S)c1nnn(-c2ccc([N+](=O)[O-])cc2)c1C. The number of nitrogens with one attached hydrogen (secondary N) is 1. The van der Waals surface area contributed by atoms with E-state index in [-0.39, 0.29) is 10.8 Å². The summed E-state index contributed by atoms with van der Waals surface area (Å²) in [4.78, 5) is 10.2. The first-order chi connectivity index (χ1) is 10.4. The lowest BCUT2D eigenvalue weighted by molar-refractivity contribution is -0.384. The van der Waals surface area contributed by atoms with Gasteiger partial charge in [0.25, 0.3) is 5.69 Å². The topological polar surface area (TPSA) is 124 Å². The summed E-state index contributed by atoms with van der Waals surface area (Å²) in [7, 11) is 0. The molecule has 114 valence electrons. The normalized spacial score (nSPS) is 11.3. The Morgan fingerprint density at radius 3 is 2.64 bits per heavy atom. The van der Waals surface area contributed by atoms with E-state index in [0.29, 0.717) is 17.1 Å². The van der Waals surface area contributed by atoms with Gasteiger partial charge in [0.1, 0.15) is 5.69 Å². The van der Waals surface area contributed by atoms with Gasteiger partial charge in [0, 0.05) is 12.1 Å². The first-order valence-electron chi connectivity index (χ1n) is 6.17. The fourth-order valence-electron chi connectivity index (χ4n) is 1.82. The van der Waals surface area contributed by atoms with Crippen LogP contribution in [-0.4, -0.2) is 30.7 Å². The van der Waals surface area contributed by atoms with Gasteiger partial charge in [0.2, 0.25) is 0 Å². The summed E-state index contributed by atoms with van der Waals surface area (Å²) in [5, 5.41) is 22.8. The molecule has 1 aromatic carbocycles. The van der Waals surface area contributed by atoms with E-state index < -0.39 is 4.92 Å². The molecular formula is C12H13N7O2S. The number of hydrazone groups is 1. The van der Waals surface area contributed by atoms with Crippen molar-refractivity contribution in [3.63, 3.8) is 0 Å². The predicted octanol–water partition coefficient (Wildman–Crippen LogP) is 1.04. The highest BCUT2D eigenvalue weighted by atomic mass is 32.1. The Morgan fingerprint density at radius 2 is 2.09 bits per heavy atom. The van der Waals surface area contributed by atoms with Crippen LogP contribution in [0.15, 0.2) is 29.4 Å². The van der Waals surface area contributed by atoms with Gasteiger partial charge in [0.15, 0.2) is 5.11 Å². The van der Waals surface area contributed by atoms with E-state index in [9.17, 15) is 10.1 Å². The smallest absolute Gasteiger partial charge is 0.269 e. The molecule has 0 radical (unpaired) electrons. The summed E-state index contributed by atoms with van der Waals surface area (Å²) >= 11 is 4.68. The molecule has 22 heavy (non-hydrogen) atoms. The van der Waals surface area contributed by atoms with Crippen molar-refractivity contribution in [2.24, 2.45) is 10.8 Å². The lowest BCUT2D eigenvalue weighted by Crippen LogP contribution is -2.25. The first-order valence-corrected chi connectivity index (χ1v) is 6.58. The van der Waals surface area contributed by atoms with Crippen molar-refractivity contribution in [3.05, 3.63) is 45.8 Å². The lowest BCUT2D eigenvalue weighted by atomic mass is 10.2. The van der Waals surface area contributed by atoms with Crippen molar-refractivity contribution in [3.8, 4) is 5.69 Å². The molecule has 2 rings (SSSR count). The third kappa shape index (κ3) is 3.23. The monoisotopic (exact) mass is 319 g/mol. The molecule has 0 spiro atoms. The molecule has 0 aliphatic heterocycles. The number of nitrogens with zero attached hydrogens (tertiary/aromatic N) is 5. The summed E-state index contributed by atoms with van der Waals surface area (Å²) in [6, 6.07) is 6.02. The Morgan fingerprint density at radius 1 is 1.45 bits per heavy atom. The number of benzene rings is 1. The van der Waals surface area contributed by atoms with E-state index in [1.165, 1.54) is 12.1 Å². The second-order valence-electron chi connectivity index (χ2n) is 4.38. The van der Waals surface area contributed by atoms with E-state index >= 15 is 0 Å². The summed E-state index contributed by atoms with van der Waals surface area (Å²) in [6.07, 6.45) is 0. The van der Waals surface area contributed by atoms with Gasteiger partial charge < -0.3 is 5.73 Å². The Bertz CT molecular complexity index is 751. The van der Waals surface area contributed by atoms with Crippen LogP contribution in [-0.2, 0) is 0 Å². The standard InChI is InChI=1S/C12H13N7O2S/c1-7(14-16-12(13)22)11-8(2)18(17-15-11)9-3-5-10(6-4-9)19(20)21/h3-6H,1-2H3,(H3,13,16,22)/b14-7+. The third-order valence-electron chi connectivity index (χ3n) is 2.88. The number of thiocarbonyl (C=S) groups is 1. The zero-order valence-corrected chi connectivity index (χ0v) is 12.7. The molecule has 0 fully saturated rings. The number of hydrogen-bond acceptors (Lipinski definition) is 6. The minimum atomic E-state index is -0.457. The highest BCUT2D eigenvalue weighted by Crippen LogP contribution is 2.17. The predicted molar refractivity (Wildman–Crippen MR) is 84.9 cm³/mol. The molecule has 0 aliphatic rings. The van der Waals surface area contributed by atoms with Crippen molar-refractivity contribution in [1.29, 1.82) is 0 Å². The fourth-order valence-corrected chi connectivity index (χ4v) is 1.86. The second kappa shape index (κ2) is 6.26. The highest BCUT2D eigenvalue weighted by molar-refractivity contribution is 7.80. The maximum Gasteiger partial charge on any atom is 0.269 e. The molecule has 0 aliphatic carbocycles. The molecule has 0 saturated heterocycles. The molecule has 3 N–H and O–H groups in total. The summed E-state index contributed by atoms with van der Waals surface area (Å²) in [5.41, 5.74) is 10.3. The van der Waals surface area contributed by atoms with Gasteiger partial charge >= 0.3 is 0 Å². The average molecular weight is 319 g/mol. The van der Waals surface area contributed by atoms with Gasteiger partial charge in [-0.05, 0) is 38.2 Å². The fraction of sp³-hybridized carbons (Fsp3) is 0.167. The molecule has 0 atom stereocenters. The quantitative estimate of drug-likeness (QED) is 0.373. The van der Waals surface area contributed by atoms with Crippen LogP contribution < -0.4 is 11.2 Å². The lowest BCUT2D eigenvalue weighted by Gasteiger charge is -2.03. The molecule has 0 saturated carbocycles. The molecule has 2 aromatic rings. The largest absolute Gasteiger partial charge is 0.375 e. The molecule has 0 unspecified atom stereocenters. The summed E-state index contributed by atoms with van der Waals surface area (Å²) in [5.74, 6) is 0. The average Bonchev–Trinajstić information content (AvgIpc) is 2.86. The van der Waals surface area contributed by atoms with Crippen LogP contribution in [0, 0.1) is 17.0 Å². The van der Waals surface area contributed by atoms with Gasteiger partial charge in [-0.25, -0.2) is 4.68 Å². The molecule has 1 heterocycles. The number of hydrogen-bond donors (Lipinski definition) is 2. The number of aromatic nitrogens is 3. The van der Waals surface area contributed by atoms with E-state index in [0.717, 1.165) is 5.69 Å². The van der Waals surface area contributed by atoms with Crippen LogP contribution in [0.1, 0.15) is 18.3 Å². The summed E-state index contributed by atoms with van der Waals surface area (Å²) < 4.78 is 1.57. The van der Waals surface area contributed by atoms with Gasteiger partial charge in [-0.1, -0.05) is 5.21 Å². The van der Waals surface area contributed by atoms with Gasteiger partial charge in [-0.15, -0.1) is 5.10 Å². The Balaban J connectivity index is 2.33.